The molecular weight excluding hydrogens is 165 g/mol. The van der Waals surface area contributed by atoms with Crippen LogP contribution < -0.4 is 5.32 Å². The molecule has 72 valence electrons. The highest BCUT2D eigenvalue weighted by molar-refractivity contribution is 5.40. The van der Waals surface area contributed by atoms with Gasteiger partial charge in [0.25, 0.3) is 0 Å². The van der Waals surface area contributed by atoms with Gasteiger partial charge in [-0.1, -0.05) is 26.2 Å². The highest BCUT2D eigenvalue weighted by Crippen LogP contribution is 2.26. The van der Waals surface area contributed by atoms with Crippen LogP contribution in [-0.2, 0) is 0 Å². The van der Waals surface area contributed by atoms with Crippen molar-refractivity contribution in [3.63, 3.8) is 0 Å². The van der Waals surface area contributed by atoms with Crippen LogP contribution in [0.2, 0.25) is 0 Å². The van der Waals surface area contributed by atoms with Crippen molar-refractivity contribution in [1.82, 2.24) is 5.32 Å². The average Bonchev–Trinajstić information content (AvgIpc) is 2.16. The predicted molar refractivity (Wildman–Crippen MR) is 54.2 cm³/mol. The number of hydrogen-bond donors (Lipinski definition) is 1. The molecule has 1 aliphatic heterocycles. The van der Waals surface area contributed by atoms with Crippen LogP contribution in [0.1, 0.15) is 19.8 Å². The molecule has 0 radical (unpaired) electrons. The summed E-state index contributed by atoms with van der Waals surface area (Å²) in [6.45, 7) is 9.99. The minimum atomic E-state index is -0.325. The number of nitrogens with one attached hydrogen (secondary N) is 1. The molecule has 0 saturated carbocycles. The van der Waals surface area contributed by atoms with Gasteiger partial charge in [-0.25, -0.2) is 4.39 Å². The fourth-order valence-corrected chi connectivity index (χ4v) is 1.77. The summed E-state index contributed by atoms with van der Waals surface area (Å²) in [5.74, 6) is -0.325. The van der Waals surface area contributed by atoms with E-state index in [0.717, 1.165) is 25.0 Å². The number of hydrogen-bond acceptors (Lipinski definition) is 1. The van der Waals surface area contributed by atoms with Crippen molar-refractivity contribution in [2.24, 2.45) is 0 Å². The van der Waals surface area contributed by atoms with Crippen molar-refractivity contribution in [3.05, 3.63) is 36.2 Å². The molecule has 1 aliphatic rings. The second-order valence-corrected chi connectivity index (χ2v) is 3.21. The largest absolute Gasteiger partial charge is 0.310 e. The van der Waals surface area contributed by atoms with Gasteiger partial charge in [-0.3, -0.25) is 0 Å². The van der Waals surface area contributed by atoms with Crippen molar-refractivity contribution in [3.8, 4) is 0 Å². The number of halogens is 1. The van der Waals surface area contributed by atoms with E-state index in [1.807, 2.05) is 6.92 Å². The lowest BCUT2D eigenvalue weighted by Gasteiger charge is -2.26. The summed E-state index contributed by atoms with van der Waals surface area (Å²) in [6, 6.07) is 0.110. The zero-order valence-electron chi connectivity index (χ0n) is 8.07. The van der Waals surface area contributed by atoms with Gasteiger partial charge in [-0.15, -0.1) is 0 Å². The van der Waals surface area contributed by atoms with Gasteiger partial charge in [0.1, 0.15) is 5.83 Å². The van der Waals surface area contributed by atoms with Gasteiger partial charge in [0.2, 0.25) is 0 Å². The van der Waals surface area contributed by atoms with Crippen LogP contribution in [0, 0.1) is 0 Å². The topological polar surface area (TPSA) is 12.0 Å². The first-order chi connectivity index (χ1) is 6.20. The fourth-order valence-electron chi connectivity index (χ4n) is 1.77. The van der Waals surface area contributed by atoms with E-state index in [1.54, 1.807) is 6.08 Å². The lowest BCUT2D eigenvalue weighted by atomic mass is 9.92. The summed E-state index contributed by atoms with van der Waals surface area (Å²) in [6.07, 6.45) is 3.47. The second-order valence-electron chi connectivity index (χ2n) is 3.21. The first kappa shape index (κ1) is 10.2. The third-order valence-electron chi connectivity index (χ3n) is 2.43. The zero-order valence-corrected chi connectivity index (χ0v) is 8.07. The molecule has 1 atom stereocenters. The highest BCUT2D eigenvalue weighted by atomic mass is 19.1. The van der Waals surface area contributed by atoms with E-state index in [-0.39, 0.29) is 11.9 Å². The molecule has 1 nitrogen and oxygen atoms in total. The third-order valence-corrected chi connectivity index (χ3v) is 2.43. The number of allylic oxidation sites excluding steroid dienone is 1. The normalized spacial score (nSPS) is 23.1. The minimum Gasteiger partial charge on any atom is -0.310 e. The van der Waals surface area contributed by atoms with Crippen molar-refractivity contribution < 1.29 is 4.39 Å². The van der Waals surface area contributed by atoms with Gasteiger partial charge >= 0.3 is 0 Å². The van der Waals surface area contributed by atoms with Gasteiger partial charge in [0, 0.05) is 11.6 Å². The molecule has 1 N–H and O–H groups in total. The SMILES string of the molecule is C=CC1=C(C(=C)F)C(CC)NCC1. The molecule has 13 heavy (non-hydrogen) atoms. The summed E-state index contributed by atoms with van der Waals surface area (Å²) in [7, 11) is 0. The smallest absolute Gasteiger partial charge is 0.121 e. The molecule has 0 saturated heterocycles. The van der Waals surface area contributed by atoms with E-state index >= 15 is 0 Å². The third kappa shape index (κ3) is 2.07. The zero-order chi connectivity index (χ0) is 9.84. The summed E-state index contributed by atoms with van der Waals surface area (Å²) >= 11 is 0. The Labute approximate surface area is 79.0 Å². The lowest BCUT2D eigenvalue weighted by molar-refractivity contribution is 0.502. The second kappa shape index (κ2) is 4.38. The molecule has 2 heteroatoms. The van der Waals surface area contributed by atoms with Crippen molar-refractivity contribution >= 4 is 0 Å². The van der Waals surface area contributed by atoms with E-state index in [4.69, 9.17) is 0 Å². The Morgan fingerprint density at radius 2 is 2.46 bits per heavy atom. The Morgan fingerprint density at radius 1 is 1.77 bits per heavy atom. The Bertz CT molecular complexity index is 253. The maximum Gasteiger partial charge on any atom is 0.121 e. The monoisotopic (exact) mass is 181 g/mol. The van der Waals surface area contributed by atoms with E-state index in [0.29, 0.717) is 5.57 Å². The maximum atomic E-state index is 13.1. The average molecular weight is 181 g/mol. The van der Waals surface area contributed by atoms with Crippen LogP contribution in [0.25, 0.3) is 0 Å². The van der Waals surface area contributed by atoms with Crippen molar-refractivity contribution in [1.29, 1.82) is 0 Å². The summed E-state index contributed by atoms with van der Waals surface area (Å²) < 4.78 is 13.1. The van der Waals surface area contributed by atoms with Crippen molar-refractivity contribution in [2.45, 2.75) is 25.8 Å². The molecule has 1 rings (SSSR count). The molecule has 1 unspecified atom stereocenters. The first-order valence-corrected chi connectivity index (χ1v) is 4.64. The first-order valence-electron chi connectivity index (χ1n) is 4.64. The molecule has 0 fully saturated rings. The van der Waals surface area contributed by atoms with Crippen LogP contribution >= 0.6 is 0 Å². The van der Waals surface area contributed by atoms with Gasteiger partial charge in [-0.05, 0) is 25.0 Å². The molecule has 0 aromatic carbocycles. The Balaban J connectivity index is 3.03. The molecule has 0 bridgehead atoms. The highest BCUT2D eigenvalue weighted by Gasteiger charge is 2.21. The molecule has 0 aromatic heterocycles. The van der Waals surface area contributed by atoms with E-state index < -0.39 is 0 Å². The molecule has 0 amide bonds. The molecule has 1 heterocycles. The molecule has 0 aromatic rings. The Hall–Kier alpha value is -0.890. The lowest BCUT2D eigenvalue weighted by Crippen LogP contribution is -2.36. The fraction of sp³-hybridized carbons (Fsp3) is 0.455. The van der Waals surface area contributed by atoms with Crippen LogP contribution in [0.4, 0.5) is 4.39 Å². The predicted octanol–water partition coefficient (Wildman–Crippen LogP) is 2.72. The van der Waals surface area contributed by atoms with Crippen LogP contribution in [0.5, 0.6) is 0 Å². The summed E-state index contributed by atoms with van der Waals surface area (Å²) in [5.41, 5.74) is 1.71. The maximum absolute atomic E-state index is 13.1. The summed E-state index contributed by atoms with van der Waals surface area (Å²) in [5, 5.41) is 3.26. The van der Waals surface area contributed by atoms with E-state index in [1.165, 1.54) is 0 Å². The Kier molecular flexibility index (Phi) is 3.43. The van der Waals surface area contributed by atoms with Gasteiger partial charge in [-0.2, -0.15) is 0 Å². The number of rotatable bonds is 3. The van der Waals surface area contributed by atoms with Crippen LogP contribution in [0.3, 0.4) is 0 Å². The van der Waals surface area contributed by atoms with Gasteiger partial charge < -0.3 is 5.32 Å². The Morgan fingerprint density at radius 3 is 2.92 bits per heavy atom. The summed E-state index contributed by atoms with van der Waals surface area (Å²) in [4.78, 5) is 0. The van der Waals surface area contributed by atoms with Crippen LogP contribution in [0.15, 0.2) is 36.2 Å². The van der Waals surface area contributed by atoms with E-state index in [9.17, 15) is 4.39 Å². The van der Waals surface area contributed by atoms with Crippen LogP contribution in [-0.4, -0.2) is 12.6 Å². The molecular formula is C11H16FN. The quantitative estimate of drug-likeness (QED) is 0.706. The standard InChI is InChI=1S/C11H16FN/c1-4-9-6-7-13-10(5-2)11(9)8(3)12/h4,10,13H,1,3,5-7H2,2H3. The van der Waals surface area contributed by atoms with E-state index in [2.05, 4.69) is 18.5 Å². The van der Waals surface area contributed by atoms with Gasteiger partial charge in [0.05, 0.1) is 0 Å². The van der Waals surface area contributed by atoms with Gasteiger partial charge in [0.15, 0.2) is 0 Å². The molecule has 0 spiro atoms. The van der Waals surface area contributed by atoms with Crippen molar-refractivity contribution in [2.75, 3.05) is 6.54 Å². The minimum absolute atomic E-state index is 0.110. The molecule has 0 aliphatic carbocycles.